The second-order valence-corrected chi connectivity index (χ2v) is 3.59. The fourth-order valence-corrected chi connectivity index (χ4v) is 1.42. The van der Waals surface area contributed by atoms with Crippen LogP contribution >= 0.6 is 0 Å². The highest BCUT2D eigenvalue weighted by Crippen LogP contribution is 2.24. The largest absolute Gasteiger partial charge is 0.0990 e. The average Bonchev–Trinajstić information content (AvgIpc) is 2.31. The maximum Gasteiger partial charge on any atom is -0.0156 e. The standard InChI is InChI=1S/C16H22/c1-7-11-15(13(5)9-3)16(12-8-2)14(6)10-4/h7-12H,1,4H2,2-3,5-6H3/b12-8-,13-9-,15-11+,16-14+. The van der Waals surface area contributed by atoms with Gasteiger partial charge in [0.05, 0.1) is 0 Å². The third-order valence-corrected chi connectivity index (χ3v) is 2.50. The Morgan fingerprint density at radius 3 is 2.06 bits per heavy atom. The lowest BCUT2D eigenvalue weighted by molar-refractivity contribution is 1.31. The van der Waals surface area contributed by atoms with Crippen molar-refractivity contribution >= 4 is 0 Å². The zero-order chi connectivity index (χ0) is 12.6. The summed E-state index contributed by atoms with van der Waals surface area (Å²) < 4.78 is 0. The SMILES string of the molecule is C=C/C=C(C(\C)=C/C)/C(/C=C\C)=C(\C)C=C. The van der Waals surface area contributed by atoms with Crippen molar-refractivity contribution in [2.45, 2.75) is 27.7 Å². The highest BCUT2D eigenvalue weighted by atomic mass is 14.1. The van der Waals surface area contributed by atoms with Gasteiger partial charge in [0, 0.05) is 0 Å². The van der Waals surface area contributed by atoms with Gasteiger partial charge in [0.1, 0.15) is 0 Å². The molecule has 0 fully saturated rings. The first-order valence-electron chi connectivity index (χ1n) is 5.54. The molecule has 0 saturated heterocycles. The second-order valence-electron chi connectivity index (χ2n) is 3.59. The fourth-order valence-electron chi connectivity index (χ4n) is 1.42. The number of hydrogen-bond acceptors (Lipinski definition) is 0. The lowest BCUT2D eigenvalue weighted by Gasteiger charge is -2.11. The third-order valence-electron chi connectivity index (χ3n) is 2.50. The summed E-state index contributed by atoms with van der Waals surface area (Å²) >= 11 is 0. The molecule has 0 radical (unpaired) electrons. The Kier molecular flexibility index (Phi) is 6.95. The van der Waals surface area contributed by atoms with E-state index in [4.69, 9.17) is 0 Å². The van der Waals surface area contributed by atoms with E-state index in [1.165, 1.54) is 22.3 Å². The minimum Gasteiger partial charge on any atom is -0.0990 e. The summed E-state index contributed by atoms with van der Waals surface area (Å²) in [6.07, 6.45) is 12.0. The van der Waals surface area contributed by atoms with Gasteiger partial charge in [-0.05, 0) is 50.0 Å². The van der Waals surface area contributed by atoms with Crippen LogP contribution in [0.25, 0.3) is 0 Å². The molecule has 86 valence electrons. The summed E-state index contributed by atoms with van der Waals surface area (Å²) in [5.74, 6) is 0. The Morgan fingerprint density at radius 2 is 1.69 bits per heavy atom. The molecule has 0 bridgehead atoms. The predicted octanol–water partition coefficient (Wildman–Crippen LogP) is 5.14. The van der Waals surface area contributed by atoms with Gasteiger partial charge in [-0.2, -0.15) is 0 Å². The molecule has 0 aromatic rings. The second kappa shape index (κ2) is 7.70. The van der Waals surface area contributed by atoms with E-state index in [2.05, 4.69) is 39.2 Å². The normalized spacial score (nSPS) is 15.0. The first-order chi connectivity index (χ1) is 7.62. The Bertz CT molecular complexity index is 371. The van der Waals surface area contributed by atoms with Crippen molar-refractivity contribution in [3.05, 3.63) is 71.9 Å². The third kappa shape index (κ3) is 3.90. The molecule has 0 spiro atoms. The molecular formula is C16H22. The zero-order valence-electron chi connectivity index (χ0n) is 10.9. The fraction of sp³-hybridized carbons (Fsp3) is 0.250. The monoisotopic (exact) mass is 214 g/mol. The van der Waals surface area contributed by atoms with Gasteiger partial charge in [-0.25, -0.2) is 0 Å². The van der Waals surface area contributed by atoms with Crippen LogP contribution in [0.1, 0.15) is 27.7 Å². The molecule has 0 saturated carbocycles. The Hall–Kier alpha value is -1.56. The van der Waals surface area contributed by atoms with E-state index in [1.54, 1.807) is 0 Å². The molecule has 0 aromatic heterocycles. The molecule has 0 N–H and O–H groups in total. The maximum absolute atomic E-state index is 3.83. The van der Waals surface area contributed by atoms with Crippen LogP contribution in [-0.2, 0) is 0 Å². The topological polar surface area (TPSA) is 0 Å². The predicted molar refractivity (Wildman–Crippen MR) is 75.4 cm³/mol. The number of rotatable bonds is 5. The molecule has 16 heavy (non-hydrogen) atoms. The van der Waals surface area contributed by atoms with Crippen molar-refractivity contribution in [1.82, 2.24) is 0 Å². The molecule has 0 atom stereocenters. The van der Waals surface area contributed by atoms with E-state index in [9.17, 15) is 0 Å². The van der Waals surface area contributed by atoms with E-state index in [-0.39, 0.29) is 0 Å². The molecule has 0 aliphatic heterocycles. The minimum absolute atomic E-state index is 1.17. The van der Waals surface area contributed by atoms with Crippen LogP contribution in [0.3, 0.4) is 0 Å². The summed E-state index contributed by atoms with van der Waals surface area (Å²) in [4.78, 5) is 0. The van der Waals surface area contributed by atoms with Crippen molar-refractivity contribution in [3.63, 3.8) is 0 Å². The Morgan fingerprint density at radius 1 is 1.06 bits per heavy atom. The van der Waals surface area contributed by atoms with Crippen molar-refractivity contribution < 1.29 is 0 Å². The van der Waals surface area contributed by atoms with Crippen LogP contribution < -0.4 is 0 Å². The smallest absolute Gasteiger partial charge is 0.0156 e. The van der Waals surface area contributed by atoms with Gasteiger partial charge < -0.3 is 0 Å². The lowest BCUT2D eigenvalue weighted by Crippen LogP contribution is -1.92. The van der Waals surface area contributed by atoms with Gasteiger partial charge in [-0.1, -0.05) is 49.6 Å². The summed E-state index contributed by atoms with van der Waals surface area (Å²) in [7, 11) is 0. The van der Waals surface area contributed by atoms with Crippen molar-refractivity contribution in [1.29, 1.82) is 0 Å². The quantitative estimate of drug-likeness (QED) is 0.556. The molecule has 0 rings (SSSR count). The van der Waals surface area contributed by atoms with Crippen LogP contribution in [0.4, 0.5) is 0 Å². The molecule has 0 unspecified atom stereocenters. The first-order valence-corrected chi connectivity index (χ1v) is 5.54. The van der Waals surface area contributed by atoms with Crippen LogP contribution in [0.5, 0.6) is 0 Å². The van der Waals surface area contributed by atoms with E-state index in [1.807, 2.05) is 38.2 Å². The Labute approximate surface area is 100 Å². The molecule has 0 heterocycles. The van der Waals surface area contributed by atoms with Crippen LogP contribution in [0.2, 0.25) is 0 Å². The van der Waals surface area contributed by atoms with Crippen molar-refractivity contribution in [2.75, 3.05) is 0 Å². The van der Waals surface area contributed by atoms with Gasteiger partial charge in [0.2, 0.25) is 0 Å². The molecule has 0 aliphatic carbocycles. The van der Waals surface area contributed by atoms with Crippen LogP contribution in [0.15, 0.2) is 71.9 Å². The van der Waals surface area contributed by atoms with Crippen LogP contribution in [0, 0.1) is 0 Å². The molecule has 0 amide bonds. The van der Waals surface area contributed by atoms with Crippen LogP contribution in [-0.4, -0.2) is 0 Å². The van der Waals surface area contributed by atoms with Gasteiger partial charge in [-0.3, -0.25) is 0 Å². The summed E-state index contributed by atoms with van der Waals surface area (Å²) in [5, 5.41) is 0. The van der Waals surface area contributed by atoms with E-state index in [0.29, 0.717) is 0 Å². The van der Waals surface area contributed by atoms with E-state index in [0.717, 1.165) is 0 Å². The number of hydrogen-bond donors (Lipinski definition) is 0. The van der Waals surface area contributed by atoms with Gasteiger partial charge in [0.15, 0.2) is 0 Å². The molecule has 0 aromatic carbocycles. The maximum atomic E-state index is 3.83. The molecule has 0 heteroatoms. The molecule has 0 nitrogen and oxygen atoms in total. The highest BCUT2D eigenvalue weighted by molar-refractivity contribution is 5.55. The summed E-state index contributed by atoms with van der Waals surface area (Å²) in [5.41, 5.74) is 4.82. The minimum atomic E-state index is 1.17. The average molecular weight is 214 g/mol. The van der Waals surface area contributed by atoms with E-state index < -0.39 is 0 Å². The van der Waals surface area contributed by atoms with Gasteiger partial charge >= 0.3 is 0 Å². The van der Waals surface area contributed by atoms with E-state index >= 15 is 0 Å². The van der Waals surface area contributed by atoms with Crippen molar-refractivity contribution in [2.24, 2.45) is 0 Å². The van der Waals surface area contributed by atoms with Gasteiger partial charge in [-0.15, -0.1) is 0 Å². The molecule has 0 aliphatic rings. The Balaban J connectivity index is 5.74. The zero-order valence-corrected chi connectivity index (χ0v) is 10.9. The summed E-state index contributed by atoms with van der Waals surface area (Å²) in [6.45, 7) is 15.8. The molecular weight excluding hydrogens is 192 g/mol. The summed E-state index contributed by atoms with van der Waals surface area (Å²) in [6, 6.07) is 0. The van der Waals surface area contributed by atoms with Gasteiger partial charge in [0.25, 0.3) is 0 Å². The van der Waals surface area contributed by atoms with Crippen molar-refractivity contribution in [3.8, 4) is 0 Å². The first kappa shape index (κ1) is 14.4. The number of allylic oxidation sites excluding steroid dienone is 10. The lowest BCUT2D eigenvalue weighted by atomic mass is 9.94. The highest BCUT2D eigenvalue weighted by Gasteiger charge is 2.05.